The first-order chi connectivity index (χ1) is 12.6. The summed E-state index contributed by atoms with van der Waals surface area (Å²) in [6, 6.07) is 7.53. The number of hydrogen-bond donors (Lipinski definition) is 2. The van der Waals surface area contributed by atoms with Crippen molar-refractivity contribution in [2.75, 3.05) is 7.11 Å². The fraction of sp³-hybridized carbons (Fsp3) is 0.188. The second-order valence-corrected chi connectivity index (χ2v) is 7.53. The van der Waals surface area contributed by atoms with Crippen molar-refractivity contribution in [2.24, 2.45) is 0 Å². The normalized spacial score (nSPS) is 12.4. The number of halogens is 1. The van der Waals surface area contributed by atoms with Crippen molar-refractivity contribution in [3.63, 3.8) is 0 Å². The van der Waals surface area contributed by atoms with E-state index in [4.69, 9.17) is 21.4 Å². The Labute approximate surface area is 159 Å². The SMILES string of the molecule is COc1ccc(S(=O)(=O)N[C@@H](CC(=O)O)c2cc([N+](=O)[O-])ccc2Cl)cc1. The summed E-state index contributed by atoms with van der Waals surface area (Å²) in [5, 5.41) is 20.1. The number of sulfonamides is 1. The van der Waals surface area contributed by atoms with Crippen molar-refractivity contribution in [1.29, 1.82) is 0 Å². The van der Waals surface area contributed by atoms with Crippen LogP contribution in [0.2, 0.25) is 5.02 Å². The van der Waals surface area contributed by atoms with E-state index in [2.05, 4.69) is 4.72 Å². The van der Waals surface area contributed by atoms with Gasteiger partial charge in [-0.2, -0.15) is 0 Å². The summed E-state index contributed by atoms with van der Waals surface area (Å²) in [6.45, 7) is 0. The molecule has 2 N–H and O–H groups in total. The summed E-state index contributed by atoms with van der Waals surface area (Å²) in [5.41, 5.74) is -0.348. The quantitative estimate of drug-likeness (QED) is 0.500. The molecule has 0 unspecified atom stereocenters. The standard InChI is InChI=1S/C16H15ClN2O7S/c1-26-11-3-5-12(6-4-11)27(24,25)18-15(9-16(20)21)13-8-10(19(22)23)2-7-14(13)17/h2-8,15,18H,9H2,1H3,(H,20,21)/t15-/m0/s1. The molecular weight excluding hydrogens is 400 g/mol. The molecule has 0 aliphatic heterocycles. The van der Waals surface area contributed by atoms with E-state index < -0.39 is 33.4 Å². The number of rotatable bonds is 8. The lowest BCUT2D eigenvalue weighted by Gasteiger charge is -2.19. The minimum atomic E-state index is -4.13. The molecule has 0 fully saturated rings. The van der Waals surface area contributed by atoms with Crippen LogP contribution in [-0.4, -0.2) is 31.5 Å². The number of carbonyl (C=O) groups is 1. The zero-order valence-electron chi connectivity index (χ0n) is 14.0. The molecule has 0 spiro atoms. The van der Waals surface area contributed by atoms with Gasteiger partial charge in [0.25, 0.3) is 5.69 Å². The number of carboxylic acid groups (broad SMARTS) is 1. The summed E-state index contributed by atoms with van der Waals surface area (Å²) in [6.07, 6.45) is -0.656. The van der Waals surface area contributed by atoms with Gasteiger partial charge in [0.15, 0.2) is 0 Å². The summed E-state index contributed by atoms with van der Waals surface area (Å²) in [5.74, 6) is -0.863. The summed E-state index contributed by atoms with van der Waals surface area (Å²) in [4.78, 5) is 21.4. The van der Waals surface area contributed by atoms with Gasteiger partial charge >= 0.3 is 5.97 Å². The zero-order chi connectivity index (χ0) is 20.2. The highest BCUT2D eigenvalue weighted by atomic mass is 35.5. The highest BCUT2D eigenvalue weighted by Gasteiger charge is 2.27. The first-order valence-corrected chi connectivity index (χ1v) is 9.32. The molecular formula is C16H15ClN2O7S. The lowest BCUT2D eigenvalue weighted by molar-refractivity contribution is -0.384. The second kappa shape index (κ2) is 8.33. The maximum Gasteiger partial charge on any atom is 0.305 e. The Morgan fingerprint density at radius 3 is 2.44 bits per heavy atom. The van der Waals surface area contributed by atoms with Crippen molar-refractivity contribution in [1.82, 2.24) is 4.72 Å². The van der Waals surface area contributed by atoms with Gasteiger partial charge in [0.05, 0.1) is 29.4 Å². The first kappa shape index (κ1) is 20.6. The number of nitro benzene ring substituents is 1. The molecule has 0 aliphatic rings. The molecule has 0 radical (unpaired) electrons. The van der Waals surface area contributed by atoms with Crippen LogP contribution in [-0.2, 0) is 14.8 Å². The molecule has 0 saturated carbocycles. The maximum absolute atomic E-state index is 12.6. The van der Waals surface area contributed by atoms with Crippen LogP contribution >= 0.6 is 11.6 Å². The molecule has 2 aromatic rings. The molecule has 11 heteroatoms. The van der Waals surface area contributed by atoms with Crippen LogP contribution in [0.15, 0.2) is 47.4 Å². The van der Waals surface area contributed by atoms with Gasteiger partial charge in [0.2, 0.25) is 10.0 Å². The molecule has 0 bridgehead atoms. The third-order valence-electron chi connectivity index (χ3n) is 3.61. The second-order valence-electron chi connectivity index (χ2n) is 5.41. The number of nitrogens with zero attached hydrogens (tertiary/aromatic N) is 1. The van der Waals surface area contributed by atoms with Crippen molar-refractivity contribution in [3.05, 3.63) is 63.2 Å². The van der Waals surface area contributed by atoms with Crippen molar-refractivity contribution in [3.8, 4) is 5.75 Å². The fourth-order valence-corrected chi connectivity index (χ4v) is 3.78. The predicted octanol–water partition coefficient (Wildman–Crippen LogP) is 2.75. The van der Waals surface area contributed by atoms with Crippen LogP contribution in [0.25, 0.3) is 0 Å². The summed E-state index contributed by atoms with van der Waals surface area (Å²) < 4.78 is 32.4. The van der Waals surface area contributed by atoms with Crippen LogP contribution in [0, 0.1) is 10.1 Å². The number of ether oxygens (including phenoxy) is 1. The minimum absolute atomic E-state index is 0.00396. The Kier molecular flexibility index (Phi) is 6.37. The minimum Gasteiger partial charge on any atom is -0.497 e. The molecule has 0 heterocycles. The Morgan fingerprint density at radius 1 is 1.30 bits per heavy atom. The van der Waals surface area contributed by atoms with E-state index in [-0.39, 0.29) is 21.2 Å². The van der Waals surface area contributed by atoms with Gasteiger partial charge in [-0.3, -0.25) is 14.9 Å². The van der Waals surface area contributed by atoms with Crippen molar-refractivity contribution < 1.29 is 28.0 Å². The third-order valence-corrected chi connectivity index (χ3v) is 5.44. The van der Waals surface area contributed by atoms with E-state index in [0.29, 0.717) is 5.75 Å². The lowest BCUT2D eigenvalue weighted by atomic mass is 10.0. The number of methoxy groups -OCH3 is 1. The highest BCUT2D eigenvalue weighted by Crippen LogP contribution is 2.30. The molecule has 9 nitrogen and oxygen atoms in total. The molecule has 0 amide bonds. The maximum atomic E-state index is 12.6. The molecule has 1 atom stereocenters. The number of nitrogens with one attached hydrogen (secondary N) is 1. The van der Waals surface area contributed by atoms with E-state index in [1.165, 1.54) is 37.4 Å². The van der Waals surface area contributed by atoms with Gasteiger partial charge in [-0.15, -0.1) is 0 Å². The number of non-ortho nitro benzene ring substituents is 1. The molecule has 0 aliphatic carbocycles. The van der Waals surface area contributed by atoms with Gasteiger partial charge in [0, 0.05) is 17.2 Å². The average Bonchev–Trinajstić information content (AvgIpc) is 2.60. The average molecular weight is 415 g/mol. The lowest BCUT2D eigenvalue weighted by Crippen LogP contribution is -2.30. The Hall–Kier alpha value is -2.69. The number of aliphatic carboxylic acids is 1. The van der Waals surface area contributed by atoms with E-state index in [1.807, 2.05) is 0 Å². The van der Waals surface area contributed by atoms with Crippen LogP contribution in [0.5, 0.6) is 5.75 Å². The molecule has 27 heavy (non-hydrogen) atoms. The smallest absolute Gasteiger partial charge is 0.305 e. The van der Waals surface area contributed by atoms with Gasteiger partial charge in [-0.1, -0.05) is 11.6 Å². The topological polar surface area (TPSA) is 136 Å². The fourth-order valence-electron chi connectivity index (χ4n) is 2.31. The molecule has 2 rings (SSSR count). The number of carboxylic acids is 1. The van der Waals surface area contributed by atoms with Crippen LogP contribution < -0.4 is 9.46 Å². The van der Waals surface area contributed by atoms with Crippen molar-refractivity contribution in [2.45, 2.75) is 17.4 Å². The number of benzene rings is 2. The molecule has 144 valence electrons. The first-order valence-electron chi connectivity index (χ1n) is 7.46. The molecule has 0 aromatic heterocycles. The van der Waals surface area contributed by atoms with E-state index in [9.17, 15) is 23.3 Å². The van der Waals surface area contributed by atoms with E-state index in [0.717, 1.165) is 12.1 Å². The largest absolute Gasteiger partial charge is 0.497 e. The van der Waals surface area contributed by atoms with Crippen LogP contribution in [0.1, 0.15) is 18.0 Å². The Balaban J connectivity index is 2.43. The van der Waals surface area contributed by atoms with Gasteiger partial charge < -0.3 is 9.84 Å². The molecule has 2 aromatic carbocycles. The van der Waals surface area contributed by atoms with E-state index >= 15 is 0 Å². The zero-order valence-corrected chi connectivity index (χ0v) is 15.5. The summed E-state index contributed by atoms with van der Waals surface area (Å²) >= 11 is 6.03. The highest BCUT2D eigenvalue weighted by molar-refractivity contribution is 7.89. The van der Waals surface area contributed by atoms with E-state index in [1.54, 1.807) is 0 Å². The predicted molar refractivity (Wildman–Crippen MR) is 96.4 cm³/mol. The van der Waals surface area contributed by atoms with Crippen LogP contribution in [0.4, 0.5) is 5.69 Å². The third kappa shape index (κ3) is 5.16. The number of nitro groups is 1. The van der Waals surface area contributed by atoms with Crippen molar-refractivity contribution >= 4 is 33.3 Å². The summed E-state index contributed by atoms with van der Waals surface area (Å²) in [7, 11) is -2.70. The van der Waals surface area contributed by atoms with Crippen LogP contribution in [0.3, 0.4) is 0 Å². The van der Waals surface area contributed by atoms with Gasteiger partial charge in [0.1, 0.15) is 5.75 Å². The number of hydrogen-bond acceptors (Lipinski definition) is 6. The molecule has 0 saturated heterocycles. The monoisotopic (exact) mass is 414 g/mol. The Bertz CT molecular complexity index is 961. The Morgan fingerprint density at radius 2 is 1.93 bits per heavy atom. The van der Waals surface area contributed by atoms with Gasteiger partial charge in [-0.25, -0.2) is 13.1 Å². The van der Waals surface area contributed by atoms with Gasteiger partial charge in [-0.05, 0) is 35.9 Å².